The number of anilines is 1. The summed E-state index contributed by atoms with van der Waals surface area (Å²) in [5.74, 6) is 1.27. The predicted octanol–water partition coefficient (Wildman–Crippen LogP) is 3.82. The van der Waals surface area contributed by atoms with E-state index in [1.54, 1.807) is 19.4 Å². The topological polar surface area (TPSA) is 72.5 Å². The highest BCUT2D eigenvalue weighted by atomic mass is 16.5. The molecule has 6 nitrogen and oxygen atoms in total. The summed E-state index contributed by atoms with van der Waals surface area (Å²) in [6.07, 6.45) is 1.67. The van der Waals surface area contributed by atoms with Crippen molar-refractivity contribution in [3.05, 3.63) is 83.7 Å². The molecule has 150 valence electrons. The van der Waals surface area contributed by atoms with E-state index in [0.29, 0.717) is 25.4 Å². The number of rotatable bonds is 9. The van der Waals surface area contributed by atoms with Crippen molar-refractivity contribution in [2.45, 2.75) is 13.5 Å². The highest BCUT2D eigenvalue weighted by Gasteiger charge is 2.06. The Morgan fingerprint density at radius 2 is 1.83 bits per heavy atom. The Bertz CT molecular complexity index is 925. The third kappa shape index (κ3) is 6.24. The van der Waals surface area contributed by atoms with Gasteiger partial charge in [0, 0.05) is 6.54 Å². The molecule has 0 radical (unpaired) electrons. The molecular formula is C23H25N3O3. The summed E-state index contributed by atoms with van der Waals surface area (Å²) in [7, 11) is 1.62. The van der Waals surface area contributed by atoms with E-state index in [9.17, 15) is 4.79 Å². The zero-order valence-corrected chi connectivity index (χ0v) is 16.6. The normalized spacial score (nSPS) is 10.3. The van der Waals surface area contributed by atoms with Crippen LogP contribution in [0.25, 0.3) is 0 Å². The number of aromatic nitrogens is 1. The number of hydrogen-bond acceptors (Lipinski definition) is 5. The zero-order valence-electron chi connectivity index (χ0n) is 16.6. The predicted molar refractivity (Wildman–Crippen MR) is 114 cm³/mol. The van der Waals surface area contributed by atoms with Gasteiger partial charge in [0.25, 0.3) is 5.91 Å². The van der Waals surface area contributed by atoms with Crippen LogP contribution in [0.5, 0.6) is 11.5 Å². The fourth-order valence-corrected chi connectivity index (χ4v) is 2.75. The van der Waals surface area contributed by atoms with Crippen molar-refractivity contribution in [2.24, 2.45) is 0 Å². The number of carbonyl (C=O) groups excluding carboxylic acids is 1. The SMILES string of the molecule is COc1ccc(OCCNC(=O)c2ccc(NCc3cccc(C)c3)cn2)cc1. The Balaban J connectivity index is 1.41. The molecule has 3 rings (SSSR count). The number of hydrogen-bond donors (Lipinski definition) is 2. The molecule has 0 bridgehead atoms. The Kier molecular flexibility index (Phi) is 7.05. The molecule has 0 atom stereocenters. The van der Waals surface area contributed by atoms with Crippen LogP contribution in [0.3, 0.4) is 0 Å². The molecule has 0 aliphatic heterocycles. The molecule has 1 amide bonds. The first-order valence-corrected chi connectivity index (χ1v) is 9.44. The van der Waals surface area contributed by atoms with Gasteiger partial charge in [0.1, 0.15) is 23.8 Å². The van der Waals surface area contributed by atoms with Crippen LogP contribution >= 0.6 is 0 Å². The number of amides is 1. The highest BCUT2D eigenvalue weighted by Crippen LogP contribution is 2.16. The maximum absolute atomic E-state index is 12.2. The molecule has 6 heteroatoms. The second-order valence-corrected chi connectivity index (χ2v) is 6.55. The number of aryl methyl sites for hydroxylation is 1. The number of nitrogens with zero attached hydrogens (tertiary/aromatic N) is 1. The van der Waals surface area contributed by atoms with Gasteiger partial charge in [-0.05, 0) is 48.9 Å². The van der Waals surface area contributed by atoms with Crippen LogP contribution in [-0.2, 0) is 6.54 Å². The number of carbonyl (C=O) groups is 1. The first-order chi connectivity index (χ1) is 14.1. The van der Waals surface area contributed by atoms with E-state index in [0.717, 1.165) is 17.2 Å². The van der Waals surface area contributed by atoms with Crippen LogP contribution in [0.15, 0.2) is 66.9 Å². The van der Waals surface area contributed by atoms with Gasteiger partial charge in [0.2, 0.25) is 0 Å². The van der Waals surface area contributed by atoms with Gasteiger partial charge in [0.05, 0.1) is 25.5 Å². The minimum atomic E-state index is -0.228. The minimum absolute atomic E-state index is 0.228. The van der Waals surface area contributed by atoms with E-state index in [4.69, 9.17) is 9.47 Å². The lowest BCUT2D eigenvalue weighted by atomic mass is 10.1. The van der Waals surface area contributed by atoms with Crippen LogP contribution in [0.2, 0.25) is 0 Å². The van der Waals surface area contributed by atoms with Gasteiger partial charge in [-0.3, -0.25) is 4.79 Å². The molecule has 0 fully saturated rings. The fraction of sp³-hybridized carbons (Fsp3) is 0.217. The number of methoxy groups -OCH3 is 1. The molecule has 29 heavy (non-hydrogen) atoms. The van der Waals surface area contributed by atoms with Crippen LogP contribution < -0.4 is 20.1 Å². The van der Waals surface area contributed by atoms with E-state index < -0.39 is 0 Å². The first kappa shape index (κ1) is 20.2. The zero-order chi connectivity index (χ0) is 20.5. The maximum atomic E-state index is 12.2. The lowest BCUT2D eigenvalue weighted by molar-refractivity contribution is 0.0942. The summed E-state index contributed by atoms with van der Waals surface area (Å²) in [4.78, 5) is 16.4. The van der Waals surface area contributed by atoms with Crippen molar-refractivity contribution in [2.75, 3.05) is 25.6 Å². The molecule has 2 N–H and O–H groups in total. The van der Waals surface area contributed by atoms with Gasteiger partial charge in [-0.15, -0.1) is 0 Å². The summed E-state index contributed by atoms with van der Waals surface area (Å²) in [5.41, 5.74) is 3.66. The van der Waals surface area contributed by atoms with Crippen molar-refractivity contribution < 1.29 is 14.3 Å². The van der Waals surface area contributed by atoms with Gasteiger partial charge in [-0.2, -0.15) is 0 Å². The molecule has 0 unspecified atom stereocenters. The van der Waals surface area contributed by atoms with Crippen molar-refractivity contribution in [3.63, 3.8) is 0 Å². The van der Waals surface area contributed by atoms with E-state index >= 15 is 0 Å². The largest absolute Gasteiger partial charge is 0.497 e. The number of ether oxygens (including phenoxy) is 2. The van der Waals surface area contributed by atoms with E-state index in [2.05, 4.69) is 40.7 Å². The Morgan fingerprint density at radius 3 is 2.52 bits per heavy atom. The number of benzene rings is 2. The molecule has 3 aromatic rings. The van der Waals surface area contributed by atoms with E-state index in [1.165, 1.54) is 11.1 Å². The first-order valence-electron chi connectivity index (χ1n) is 9.44. The number of pyridine rings is 1. The number of nitrogens with one attached hydrogen (secondary N) is 2. The third-order valence-electron chi connectivity index (χ3n) is 4.29. The quantitative estimate of drug-likeness (QED) is 0.543. The van der Waals surface area contributed by atoms with Crippen LogP contribution in [0, 0.1) is 6.92 Å². The summed E-state index contributed by atoms with van der Waals surface area (Å²) >= 11 is 0. The lowest BCUT2D eigenvalue weighted by Gasteiger charge is -2.09. The Hall–Kier alpha value is -3.54. The molecule has 0 saturated carbocycles. The Morgan fingerprint density at radius 1 is 1.03 bits per heavy atom. The van der Waals surface area contributed by atoms with Gasteiger partial charge in [-0.25, -0.2) is 4.98 Å². The molecule has 2 aromatic carbocycles. The van der Waals surface area contributed by atoms with Crippen molar-refractivity contribution in [1.82, 2.24) is 10.3 Å². The highest BCUT2D eigenvalue weighted by molar-refractivity contribution is 5.92. The van der Waals surface area contributed by atoms with E-state index in [-0.39, 0.29) is 5.91 Å². The van der Waals surface area contributed by atoms with Crippen molar-refractivity contribution >= 4 is 11.6 Å². The standard InChI is InChI=1S/C23H25N3O3/c1-17-4-3-5-18(14-17)15-25-19-6-11-22(26-16-19)23(27)24-12-13-29-21-9-7-20(28-2)8-10-21/h3-11,14,16,25H,12-13,15H2,1-2H3,(H,24,27). The maximum Gasteiger partial charge on any atom is 0.269 e. The van der Waals surface area contributed by atoms with Gasteiger partial charge in [-0.1, -0.05) is 29.8 Å². The molecule has 0 aliphatic rings. The summed E-state index contributed by atoms with van der Waals surface area (Å²) in [6, 6.07) is 19.2. The van der Waals surface area contributed by atoms with Gasteiger partial charge >= 0.3 is 0 Å². The molecular weight excluding hydrogens is 366 g/mol. The summed E-state index contributed by atoms with van der Waals surface area (Å²) < 4.78 is 10.7. The van der Waals surface area contributed by atoms with Gasteiger partial charge < -0.3 is 20.1 Å². The van der Waals surface area contributed by atoms with Crippen LogP contribution in [0.1, 0.15) is 21.6 Å². The summed E-state index contributed by atoms with van der Waals surface area (Å²) in [5, 5.41) is 6.11. The second kappa shape index (κ2) is 10.1. The monoisotopic (exact) mass is 391 g/mol. The lowest BCUT2D eigenvalue weighted by Crippen LogP contribution is -2.28. The average molecular weight is 391 g/mol. The summed E-state index contributed by atoms with van der Waals surface area (Å²) in [6.45, 7) is 3.53. The average Bonchev–Trinajstić information content (AvgIpc) is 2.76. The van der Waals surface area contributed by atoms with Crippen LogP contribution in [0.4, 0.5) is 5.69 Å². The van der Waals surface area contributed by atoms with Crippen molar-refractivity contribution in [1.29, 1.82) is 0 Å². The minimum Gasteiger partial charge on any atom is -0.497 e. The van der Waals surface area contributed by atoms with Crippen LogP contribution in [-0.4, -0.2) is 31.2 Å². The Labute approximate surface area is 170 Å². The smallest absolute Gasteiger partial charge is 0.269 e. The molecule has 1 aromatic heterocycles. The molecule has 0 spiro atoms. The van der Waals surface area contributed by atoms with E-state index in [1.807, 2.05) is 36.4 Å². The molecule has 1 heterocycles. The van der Waals surface area contributed by atoms with Crippen molar-refractivity contribution in [3.8, 4) is 11.5 Å². The molecule has 0 saturated heterocycles. The van der Waals surface area contributed by atoms with Gasteiger partial charge in [0.15, 0.2) is 0 Å². The third-order valence-corrected chi connectivity index (χ3v) is 4.29. The molecule has 0 aliphatic carbocycles. The fourth-order valence-electron chi connectivity index (χ4n) is 2.75. The second-order valence-electron chi connectivity index (χ2n) is 6.55.